The van der Waals surface area contributed by atoms with Gasteiger partial charge < -0.3 is 10.1 Å². The zero-order valence-corrected chi connectivity index (χ0v) is 14.9. The predicted octanol–water partition coefficient (Wildman–Crippen LogP) is 4.85. The van der Waals surface area contributed by atoms with E-state index in [4.69, 9.17) is 4.74 Å². The van der Waals surface area contributed by atoms with Crippen LogP contribution in [0.25, 0.3) is 10.8 Å². The summed E-state index contributed by atoms with van der Waals surface area (Å²) >= 11 is 0. The lowest BCUT2D eigenvalue weighted by molar-refractivity contribution is -0.115. The predicted molar refractivity (Wildman–Crippen MR) is 103 cm³/mol. The molecule has 0 spiro atoms. The highest BCUT2D eigenvalue weighted by atomic mass is 16.5. The second-order valence-electron chi connectivity index (χ2n) is 6.19. The number of benzene rings is 3. The number of amides is 1. The van der Waals surface area contributed by atoms with E-state index in [2.05, 4.69) is 5.32 Å². The lowest BCUT2D eigenvalue weighted by Gasteiger charge is -2.10. The van der Waals surface area contributed by atoms with Crippen LogP contribution in [0.4, 0.5) is 5.69 Å². The Morgan fingerprint density at radius 3 is 2.50 bits per heavy atom. The van der Waals surface area contributed by atoms with Gasteiger partial charge in [0.1, 0.15) is 6.61 Å². The largest absolute Gasteiger partial charge is 0.457 e. The van der Waals surface area contributed by atoms with Gasteiger partial charge in [0.2, 0.25) is 5.91 Å². The molecule has 4 heteroatoms. The van der Waals surface area contributed by atoms with Gasteiger partial charge in [0, 0.05) is 12.1 Å². The summed E-state index contributed by atoms with van der Waals surface area (Å²) in [5, 5.41) is 5.06. The van der Waals surface area contributed by atoms with Crippen LogP contribution in [-0.4, -0.2) is 11.9 Å². The fourth-order valence-corrected chi connectivity index (χ4v) is 2.68. The summed E-state index contributed by atoms with van der Waals surface area (Å²) in [4.78, 5) is 24.0. The number of aryl methyl sites for hydroxylation is 1. The van der Waals surface area contributed by atoms with Gasteiger partial charge in [0.25, 0.3) is 0 Å². The summed E-state index contributed by atoms with van der Waals surface area (Å²) in [5.74, 6) is -0.500. The summed E-state index contributed by atoms with van der Waals surface area (Å²) in [6.07, 6.45) is 0.385. The van der Waals surface area contributed by atoms with Crippen molar-refractivity contribution in [3.63, 3.8) is 0 Å². The molecule has 0 saturated carbocycles. The van der Waals surface area contributed by atoms with Crippen molar-refractivity contribution >= 4 is 28.3 Å². The van der Waals surface area contributed by atoms with Gasteiger partial charge in [0.15, 0.2) is 0 Å². The minimum absolute atomic E-state index is 0.0882. The molecule has 3 aromatic rings. The first kappa shape index (κ1) is 17.7. The number of ether oxygens (including phenoxy) is 1. The van der Waals surface area contributed by atoms with E-state index in [9.17, 15) is 9.59 Å². The molecule has 26 heavy (non-hydrogen) atoms. The summed E-state index contributed by atoms with van der Waals surface area (Å²) in [6.45, 7) is 3.87. The first-order valence-electron chi connectivity index (χ1n) is 8.62. The molecule has 0 radical (unpaired) electrons. The molecule has 0 unspecified atom stereocenters. The Balaban J connectivity index is 1.71. The maximum atomic E-state index is 12.4. The maximum absolute atomic E-state index is 12.4. The molecule has 3 rings (SSSR count). The number of fused-ring (bicyclic) bond motifs is 1. The Bertz CT molecular complexity index is 963. The Kier molecular flexibility index (Phi) is 5.32. The van der Waals surface area contributed by atoms with Crippen LogP contribution in [-0.2, 0) is 16.1 Å². The smallest absolute Gasteiger partial charge is 0.338 e. The number of carbonyl (C=O) groups excluding carboxylic acids is 2. The normalized spacial score (nSPS) is 10.5. The lowest BCUT2D eigenvalue weighted by atomic mass is 10.1. The first-order valence-corrected chi connectivity index (χ1v) is 8.62. The van der Waals surface area contributed by atoms with Gasteiger partial charge in [-0.2, -0.15) is 0 Å². The summed E-state index contributed by atoms with van der Waals surface area (Å²) < 4.78 is 5.44. The maximum Gasteiger partial charge on any atom is 0.338 e. The summed E-state index contributed by atoms with van der Waals surface area (Å²) in [6, 6.07) is 19.2. The fraction of sp³-hybridized carbons (Fsp3) is 0.182. The topological polar surface area (TPSA) is 55.4 Å². The Morgan fingerprint density at radius 1 is 0.962 bits per heavy atom. The van der Waals surface area contributed by atoms with Crippen molar-refractivity contribution in [3.8, 4) is 0 Å². The number of carbonyl (C=O) groups is 2. The van der Waals surface area contributed by atoms with Crippen molar-refractivity contribution in [2.75, 3.05) is 5.32 Å². The van der Waals surface area contributed by atoms with E-state index in [-0.39, 0.29) is 12.5 Å². The Hall–Kier alpha value is -3.14. The average molecular weight is 347 g/mol. The number of nitrogens with one attached hydrogen (secondary N) is 1. The van der Waals surface area contributed by atoms with Crippen LogP contribution in [0.2, 0.25) is 0 Å². The number of esters is 1. The Morgan fingerprint density at radius 2 is 1.73 bits per heavy atom. The molecule has 4 nitrogen and oxygen atoms in total. The third-order valence-electron chi connectivity index (χ3n) is 4.25. The zero-order valence-electron chi connectivity index (χ0n) is 14.9. The highest BCUT2D eigenvalue weighted by molar-refractivity contribution is 5.95. The molecule has 0 atom stereocenters. The fourth-order valence-electron chi connectivity index (χ4n) is 2.68. The molecule has 0 bridgehead atoms. The zero-order chi connectivity index (χ0) is 18.5. The monoisotopic (exact) mass is 347 g/mol. The minimum Gasteiger partial charge on any atom is -0.457 e. The van der Waals surface area contributed by atoms with Gasteiger partial charge in [-0.25, -0.2) is 4.79 Å². The molecule has 1 amide bonds. The molecule has 1 N–H and O–H groups in total. The van der Waals surface area contributed by atoms with E-state index in [0.29, 0.717) is 17.7 Å². The summed E-state index contributed by atoms with van der Waals surface area (Å²) in [7, 11) is 0. The lowest BCUT2D eigenvalue weighted by Crippen LogP contribution is -2.12. The molecule has 0 heterocycles. The highest BCUT2D eigenvalue weighted by Gasteiger charge is 2.11. The molecule has 3 aromatic carbocycles. The van der Waals surface area contributed by atoms with Crippen molar-refractivity contribution in [2.45, 2.75) is 26.9 Å². The number of anilines is 1. The van der Waals surface area contributed by atoms with Crippen molar-refractivity contribution in [1.82, 2.24) is 0 Å². The second-order valence-corrected chi connectivity index (χ2v) is 6.19. The van der Waals surface area contributed by atoms with Gasteiger partial charge in [-0.05, 0) is 47.0 Å². The van der Waals surface area contributed by atoms with E-state index < -0.39 is 5.97 Å². The van der Waals surface area contributed by atoms with Crippen LogP contribution < -0.4 is 5.32 Å². The quantitative estimate of drug-likeness (QED) is 0.671. The van der Waals surface area contributed by atoms with Crippen molar-refractivity contribution < 1.29 is 14.3 Å². The third kappa shape index (κ3) is 4.09. The van der Waals surface area contributed by atoms with E-state index in [1.165, 1.54) is 0 Å². The van der Waals surface area contributed by atoms with Crippen LogP contribution in [0.1, 0.15) is 34.8 Å². The van der Waals surface area contributed by atoms with Gasteiger partial charge in [-0.15, -0.1) is 0 Å². The third-order valence-corrected chi connectivity index (χ3v) is 4.25. The van der Waals surface area contributed by atoms with Gasteiger partial charge >= 0.3 is 5.97 Å². The standard InChI is InChI=1S/C22H21NO3/c1-3-21(24)23-20-13-19(10-8-15(20)2)22(25)26-14-16-9-11-17-6-4-5-7-18(17)12-16/h4-13H,3,14H2,1-2H3,(H,23,24). The van der Waals surface area contributed by atoms with Gasteiger partial charge in [-0.3, -0.25) is 4.79 Å². The number of hydrogen-bond acceptors (Lipinski definition) is 3. The Labute approximate surface area is 152 Å². The van der Waals surface area contributed by atoms with E-state index in [0.717, 1.165) is 21.9 Å². The molecule has 132 valence electrons. The molecule has 0 aliphatic rings. The van der Waals surface area contributed by atoms with Crippen LogP contribution in [0, 0.1) is 6.92 Å². The van der Waals surface area contributed by atoms with Crippen LogP contribution in [0.3, 0.4) is 0 Å². The van der Waals surface area contributed by atoms with Crippen molar-refractivity contribution in [2.24, 2.45) is 0 Å². The first-order chi connectivity index (χ1) is 12.6. The van der Waals surface area contributed by atoms with E-state index in [1.807, 2.05) is 49.4 Å². The number of hydrogen-bond donors (Lipinski definition) is 1. The molecular formula is C22H21NO3. The number of rotatable bonds is 5. The molecular weight excluding hydrogens is 326 g/mol. The van der Waals surface area contributed by atoms with Crippen LogP contribution in [0.15, 0.2) is 60.7 Å². The second kappa shape index (κ2) is 7.83. The van der Waals surface area contributed by atoms with Crippen molar-refractivity contribution in [3.05, 3.63) is 77.4 Å². The van der Waals surface area contributed by atoms with Crippen LogP contribution in [0.5, 0.6) is 0 Å². The van der Waals surface area contributed by atoms with Gasteiger partial charge in [0.05, 0.1) is 5.56 Å². The van der Waals surface area contributed by atoms with Crippen molar-refractivity contribution in [1.29, 1.82) is 0 Å². The molecule has 0 aliphatic heterocycles. The molecule has 0 saturated heterocycles. The average Bonchev–Trinajstić information content (AvgIpc) is 2.67. The SMILES string of the molecule is CCC(=O)Nc1cc(C(=O)OCc2ccc3ccccc3c2)ccc1C. The highest BCUT2D eigenvalue weighted by Crippen LogP contribution is 2.19. The van der Waals surface area contributed by atoms with E-state index in [1.54, 1.807) is 25.1 Å². The van der Waals surface area contributed by atoms with E-state index >= 15 is 0 Å². The van der Waals surface area contributed by atoms with Gasteiger partial charge in [-0.1, -0.05) is 49.4 Å². The summed E-state index contributed by atoms with van der Waals surface area (Å²) in [5.41, 5.74) is 2.89. The molecule has 0 aliphatic carbocycles. The molecule has 0 fully saturated rings. The van der Waals surface area contributed by atoms with Crippen LogP contribution >= 0.6 is 0 Å². The minimum atomic E-state index is -0.412. The molecule has 0 aromatic heterocycles.